The molecule has 96 valence electrons. The van der Waals surface area contributed by atoms with Gasteiger partial charge in [-0.05, 0) is 43.7 Å². The molecule has 0 unspecified atom stereocenters. The molecule has 1 aromatic heterocycles. The van der Waals surface area contributed by atoms with Crippen LogP contribution >= 0.6 is 0 Å². The van der Waals surface area contributed by atoms with Gasteiger partial charge in [0.25, 0.3) is 0 Å². The Morgan fingerprint density at radius 3 is 2.53 bits per heavy atom. The molecule has 19 heavy (non-hydrogen) atoms. The number of fused-ring (bicyclic) bond motifs is 1. The number of pyridine rings is 1. The minimum absolute atomic E-state index is 0.310. The third-order valence-corrected chi connectivity index (χ3v) is 3.21. The van der Waals surface area contributed by atoms with Crippen LogP contribution in [0.25, 0.3) is 5.70 Å². The SMILES string of the molecule is C=C1c2cc(F)c(C)nc2N1c1cc(C)cc(F)c1. The Labute approximate surface area is 110 Å². The van der Waals surface area contributed by atoms with Crippen LogP contribution < -0.4 is 4.90 Å². The molecule has 0 atom stereocenters. The largest absolute Gasteiger partial charge is 0.294 e. The summed E-state index contributed by atoms with van der Waals surface area (Å²) >= 11 is 0. The quantitative estimate of drug-likeness (QED) is 0.765. The first-order valence-electron chi connectivity index (χ1n) is 5.91. The lowest BCUT2D eigenvalue weighted by atomic mass is 10.0. The Hall–Kier alpha value is -2.23. The number of hydrogen-bond donors (Lipinski definition) is 0. The van der Waals surface area contributed by atoms with Gasteiger partial charge in [0.15, 0.2) is 0 Å². The monoisotopic (exact) mass is 258 g/mol. The van der Waals surface area contributed by atoms with Crippen molar-refractivity contribution in [2.24, 2.45) is 0 Å². The van der Waals surface area contributed by atoms with E-state index < -0.39 is 0 Å². The normalized spacial score (nSPS) is 13.3. The predicted octanol–water partition coefficient (Wildman–Crippen LogP) is 4.10. The highest BCUT2D eigenvalue weighted by Gasteiger charge is 2.32. The first-order valence-corrected chi connectivity index (χ1v) is 5.91. The molecule has 2 nitrogen and oxygen atoms in total. The molecule has 0 radical (unpaired) electrons. The summed E-state index contributed by atoms with van der Waals surface area (Å²) in [6.45, 7) is 7.31. The van der Waals surface area contributed by atoms with Gasteiger partial charge in [-0.25, -0.2) is 13.8 Å². The van der Waals surface area contributed by atoms with Crippen molar-refractivity contribution < 1.29 is 8.78 Å². The van der Waals surface area contributed by atoms with Crippen LogP contribution in [0.5, 0.6) is 0 Å². The van der Waals surface area contributed by atoms with E-state index in [4.69, 9.17) is 0 Å². The van der Waals surface area contributed by atoms with Gasteiger partial charge in [-0.1, -0.05) is 6.58 Å². The highest BCUT2D eigenvalue weighted by molar-refractivity contribution is 6.00. The second-order valence-corrected chi connectivity index (χ2v) is 4.70. The van der Waals surface area contributed by atoms with Crippen LogP contribution in [0.4, 0.5) is 20.3 Å². The zero-order valence-corrected chi connectivity index (χ0v) is 10.7. The van der Waals surface area contributed by atoms with Gasteiger partial charge in [0, 0.05) is 5.56 Å². The molecule has 2 aromatic rings. The van der Waals surface area contributed by atoms with Crippen LogP contribution in [0.2, 0.25) is 0 Å². The van der Waals surface area contributed by atoms with Gasteiger partial charge in [0.05, 0.1) is 17.1 Å². The molecule has 2 heterocycles. The molecular weight excluding hydrogens is 246 g/mol. The van der Waals surface area contributed by atoms with Crippen molar-refractivity contribution in [1.82, 2.24) is 4.98 Å². The van der Waals surface area contributed by atoms with Crippen molar-refractivity contribution in [3.05, 3.63) is 59.3 Å². The van der Waals surface area contributed by atoms with Crippen molar-refractivity contribution in [3.8, 4) is 0 Å². The van der Waals surface area contributed by atoms with E-state index in [1.54, 1.807) is 11.8 Å². The summed E-state index contributed by atoms with van der Waals surface area (Å²) in [7, 11) is 0. The molecule has 0 fully saturated rings. The zero-order valence-electron chi connectivity index (χ0n) is 10.7. The summed E-state index contributed by atoms with van der Waals surface area (Å²) in [6.07, 6.45) is 0. The topological polar surface area (TPSA) is 16.1 Å². The smallest absolute Gasteiger partial charge is 0.147 e. The van der Waals surface area contributed by atoms with Gasteiger partial charge in [-0.15, -0.1) is 0 Å². The standard InChI is InChI=1S/C15H12F2N2/c1-8-4-11(16)6-12(5-8)19-10(3)13-7-14(17)9(2)18-15(13)19/h4-7H,3H2,1-2H3. The highest BCUT2D eigenvalue weighted by atomic mass is 19.1. The number of rotatable bonds is 1. The Kier molecular flexibility index (Phi) is 2.42. The average Bonchev–Trinajstić information content (AvgIpc) is 2.32. The zero-order chi connectivity index (χ0) is 13.7. The van der Waals surface area contributed by atoms with Gasteiger partial charge >= 0.3 is 0 Å². The molecule has 3 rings (SSSR count). The third kappa shape index (κ3) is 1.71. The molecule has 4 heteroatoms. The number of aryl methyl sites for hydroxylation is 2. The number of nitrogens with zero attached hydrogens (tertiary/aromatic N) is 2. The van der Waals surface area contributed by atoms with E-state index in [2.05, 4.69) is 11.6 Å². The van der Waals surface area contributed by atoms with Crippen molar-refractivity contribution in [2.45, 2.75) is 13.8 Å². The summed E-state index contributed by atoms with van der Waals surface area (Å²) in [4.78, 5) is 5.93. The minimum Gasteiger partial charge on any atom is -0.294 e. The van der Waals surface area contributed by atoms with Crippen molar-refractivity contribution in [3.63, 3.8) is 0 Å². The van der Waals surface area contributed by atoms with Crippen molar-refractivity contribution >= 4 is 17.2 Å². The summed E-state index contributed by atoms with van der Waals surface area (Å²) in [5, 5.41) is 0. The molecule has 0 amide bonds. The van der Waals surface area contributed by atoms with Crippen LogP contribution in [0.1, 0.15) is 16.8 Å². The maximum absolute atomic E-state index is 13.5. The van der Waals surface area contributed by atoms with Crippen LogP contribution in [0, 0.1) is 25.5 Å². The number of hydrogen-bond acceptors (Lipinski definition) is 2. The molecule has 0 saturated carbocycles. The van der Waals surface area contributed by atoms with Crippen LogP contribution in [0.15, 0.2) is 30.8 Å². The summed E-state index contributed by atoms with van der Waals surface area (Å²) in [5.41, 5.74) is 3.10. The number of benzene rings is 1. The van der Waals surface area contributed by atoms with E-state index in [0.717, 1.165) is 5.56 Å². The van der Waals surface area contributed by atoms with Crippen molar-refractivity contribution in [1.29, 1.82) is 0 Å². The molecule has 0 spiro atoms. The highest BCUT2D eigenvalue weighted by Crippen LogP contribution is 2.46. The molecule has 0 N–H and O–H groups in total. The van der Waals surface area contributed by atoms with Crippen LogP contribution in [-0.4, -0.2) is 4.98 Å². The van der Waals surface area contributed by atoms with E-state index in [1.807, 2.05) is 13.0 Å². The molecule has 1 aliphatic rings. The second-order valence-electron chi connectivity index (χ2n) is 4.70. The van der Waals surface area contributed by atoms with Crippen molar-refractivity contribution in [2.75, 3.05) is 4.90 Å². The Balaban J connectivity index is 2.12. The minimum atomic E-state index is -0.352. The van der Waals surface area contributed by atoms with Gasteiger partial charge < -0.3 is 0 Å². The van der Waals surface area contributed by atoms with Gasteiger partial charge in [-0.3, -0.25) is 4.90 Å². The molecule has 1 aromatic carbocycles. The second kappa shape index (κ2) is 3.88. The van der Waals surface area contributed by atoms with E-state index >= 15 is 0 Å². The summed E-state index contributed by atoms with van der Waals surface area (Å²) in [5.74, 6) is -0.0426. The maximum atomic E-state index is 13.5. The number of halogens is 2. The predicted molar refractivity (Wildman–Crippen MR) is 71.2 cm³/mol. The Morgan fingerprint density at radius 2 is 1.84 bits per heavy atom. The summed E-state index contributed by atoms with van der Waals surface area (Å²) < 4.78 is 26.9. The fourth-order valence-corrected chi connectivity index (χ4v) is 2.27. The van der Waals surface area contributed by atoms with Crippen LogP contribution in [-0.2, 0) is 0 Å². The average molecular weight is 258 g/mol. The summed E-state index contributed by atoms with van der Waals surface area (Å²) in [6, 6.07) is 6.14. The molecule has 0 saturated heterocycles. The lowest BCUT2D eigenvalue weighted by molar-refractivity contribution is 0.607. The van der Waals surface area contributed by atoms with E-state index in [9.17, 15) is 8.78 Å². The Bertz CT molecular complexity index is 687. The Morgan fingerprint density at radius 1 is 1.11 bits per heavy atom. The van der Waals surface area contributed by atoms with Gasteiger partial charge in [-0.2, -0.15) is 0 Å². The number of aromatic nitrogens is 1. The first kappa shape index (κ1) is 11.8. The van der Waals surface area contributed by atoms with Crippen LogP contribution in [0.3, 0.4) is 0 Å². The molecule has 0 bridgehead atoms. The van der Waals surface area contributed by atoms with Gasteiger partial charge in [0.2, 0.25) is 0 Å². The van der Waals surface area contributed by atoms with E-state index in [0.29, 0.717) is 28.5 Å². The lowest BCUT2D eigenvalue weighted by Gasteiger charge is -2.37. The molecule has 0 aliphatic carbocycles. The molecule has 1 aliphatic heterocycles. The van der Waals surface area contributed by atoms with Gasteiger partial charge in [0.1, 0.15) is 17.5 Å². The maximum Gasteiger partial charge on any atom is 0.147 e. The number of anilines is 2. The third-order valence-electron chi connectivity index (χ3n) is 3.21. The molecular formula is C15H12F2N2. The fourth-order valence-electron chi connectivity index (χ4n) is 2.27. The lowest BCUT2D eigenvalue weighted by Crippen LogP contribution is -2.27. The van der Waals surface area contributed by atoms with E-state index in [-0.39, 0.29) is 11.6 Å². The fraction of sp³-hybridized carbons (Fsp3) is 0.133. The van der Waals surface area contributed by atoms with E-state index in [1.165, 1.54) is 18.2 Å². The first-order chi connectivity index (χ1) is 8.97.